The number of rotatable bonds is 1. The highest BCUT2D eigenvalue weighted by Crippen LogP contribution is 2.35. The minimum Gasteiger partial charge on any atom is -0.401 e. The first-order valence-electron chi connectivity index (χ1n) is 3.45. The number of ether oxygens (including phenoxy) is 1. The molecule has 0 radical (unpaired) electrons. The zero-order chi connectivity index (χ0) is 11.6. The highest BCUT2D eigenvalue weighted by atomic mass is 35.5. The zero-order valence-electron chi connectivity index (χ0n) is 6.97. The van der Waals surface area contributed by atoms with E-state index in [0.717, 1.165) is 6.20 Å². The molecule has 1 rings (SSSR count). The number of hydrogen-bond acceptors (Lipinski definition) is 4. The SMILES string of the molecule is N#Cc1ncc(N)c(Cl)c1OC(F)(F)F. The number of nitrogens with two attached hydrogens (primary N) is 1. The highest BCUT2D eigenvalue weighted by Gasteiger charge is 2.34. The van der Waals surface area contributed by atoms with E-state index in [-0.39, 0.29) is 5.69 Å². The molecule has 0 unspecified atom stereocenters. The van der Waals surface area contributed by atoms with Gasteiger partial charge in [0.25, 0.3) is 0 Å². The van der Waals surface area contributed by atoms with Crippen molar-refractivity contribution in [1.29, 1.82) is 5.26 Å². The lowest BCUT2D eigenvalue weighted by Gasteiger charge is -2.11. The third-order valence-electron chi connectivity index (χ3n) is 1.32. The van der Waals surface area contributed by atoms with Gasteiger partial charge in [-0.15, -0.1) is 13.2 Å². The molecular formula is C7H3ClF3N3O. The summed E-state index contributed by atoms with van der Waals surface area (Å²) in [6.07, 6.45) is -3.98. The summed E-state index contributed by atoms with van der Waals surface area (Å²) in [4.78, 5) is 3.35. The Labute approximate surface area is 87.0 Å². The number of nitrogen functional groups attached to an aromatic ring is 1. The van der Waals surface area contributed by atoms with Crippen LogP contribution in [0.15, 0.2) is 6.20 Å². The summed E-state index contributed by atoms with van der Waals surface area (Å²) in [5.74, 6) is -0.883. The fourth-order valence-electron chi connectivity index (χ4n) is 0.773. The van der Waals surface area contributed by atoms with Gasteiger partial charge in [0.1, 0.15) is 11.1 Å². The normalized spacial score (nSPS) is 10.9. The van der Waals surface area contributed by atoms with Crippen molar-refractivity contribution in [2.75, 3.05) is 5.73 Å². The van der Waals surface area contributed by atoms with Crippen LogP contribution in [0.4, 0.5) is 18.9 Å². The molecular weight excluding hydrogens is 235 g/mol. The third-order valence-corrected chi connectivity index (χ3v) is 1.71. The van der Waals surface area contributed by atoms with Crippen molar-refractivity contribution in [2.45, 2.75) is 6.36 Å². The Morgan fingerprint density at radius 3 is 2.60 bits per heavy atom. The third kappa shape index (κ3) is 2.63. The van der Waals surface area contributed by atoms with Crippen LogP contribution in [0.5, 0.6) is 5.75 Å². The van der Waals surface area contributed by atoms with Crippen molar-refractivity contribution in [2.24, 2.45) is 0 Å². The first-order valence-corrected chi connectivity index (χ1v) is 3.82. The summed E-state index contributed by atoms with van der Waals surface area (Å²) in [6, 6.07) is 1.41. The summed E-state index contributed by atoms with van der Waals surface area (Å²) >= 11 is 5.44. The molecule has 0 atom stereocenters. The lowest BCUT2D eigenvalue weighted by atomic mass is 10.3. The molecule has 0 fully saturated rings. The minimum absolute atomic E-state index is 0.199. The second kappa shape index (κ2) is 3.82. The van der Waals surface area contributed by atoms with Gasteiger partial charge >= 0.3 is 6.36 Å². The van der Waals surface area contributed by atoms with Gasteiger partial charge in [-0.05, 0) is 0 Å². The largest absolute Gasteiger partial charge is 0.573 e. The Bertz CT molecular complexity index is 427. The van der Waals surface area contributed by atoms with Gasteiger partial charge in [-0.3, -0.25) is 0 Å². The second-order valence-electron chi connectivity index (χ2n) is 2.36. The maximum Gasteiger partial charge on any atom is 0.573 e. The number of pyridine rings is 1. The molecule has 2 N–H and O–H groups in total. The van der Waals surface area contributed by atoms with E-state index < -0.39 is 22.8 Å². The van der Waals surface area contributed by atoms with E-state index in [9.17, 15) is 13.2 Å². The monoisotopic (exact) mass is 237 g/mol. The van der Waals surface area contributed by atoms with Gasteiger partial charge in [-0.25, -0.2) is 4.98 Å². The van der Waals surface area contributed by atoms with Gasteiger partial charge in [0.05, 0.1) is 11.9 Å². The number of nitriles is 1. The van der Waals surface area contributed by atoms with Crippen molar-refractivity contribution in [3.8, 4) is 11.8 Å². The maximum atomic E-state index is 11.9. The van der Waals surface area contributed by atoms with E-state index in [0.29, 0.717) is 0 Å². The van der Waals surface area contributed by atoms with E-state index >= 15 is 0 Å². The predicted molar refractivity (Wildman–Crippen MR) is 45.1 cm³/mol. The van der Waals surface area contributed by atoms with Gasteiger partial charge in [0.2, 0.25) is 0 Å². The Kier molecular flexibility index (Phi) is 2.90. The van der Waals surface area contributed by atoms with Gasteiger partial charge < -0.3 is 10.5 Å². The average Bonchev–Trinajstić information content (AvgIpc) is 2.11. The fraction of sp³-hybridized carbons (Fsp3) is 0.143. The first-order chi connectivity index (χ1) is 6.85. The van der Waals surface area contributed by atoms with Crippen LogP contribution in [0.1, 0.15) is 5.69 Å². The number of alkyl halides is 3. The molecule has 0 spiro atoms. The maximum absolute atomic E-state index is 11.9. The van der Waals surface area contributed by atoms with Crippen molar-refractivity contribution in [1.82, 2.24) is 4.98 Å². The molecule has 80 valence electrons. The fourth-order valence-corrected chi connectivity index (χ4v) is 0.950. The Balaban J connectivity index is 3.26. The molecule has 0 saturated heterocycles. The molecule has 0 saturated carbocycles. The number of anilines is 1. The molecule has 1 aromatic heterocycles. The lowest BCUT2D eigenvalue weighted by molar-refractivity contribution is -0.274. The molecule has 0 bridgehead atoms. The van der Waals surface area contributed by atoms with Crippen LogP contribution in [-0.4, -0.2) is 11.3 Å². The van der Waals surface area contributed by atoms with E-state index in [1.807, 2.05) is 0 Å². The van der Waals surface area contributed by atoms with E-state index in [2.05, 4.69) is 9.72 Å². The molecule has 8 heteroatoms. The van der Waals surface area contributed by atoms with Crippen LogP contribution < -0.4 is 10.5 Å². The van der Waals surface area contributed by atoms with E-state index in [1.165, 1.54) is 6.07 Å². The van der Waals surface area contributed by atoms with Gasteiger partial charge in [0, 0.05) is 0 Å². The van der Waals surface area contributed by atoms with Crippen molar-refractivity contribution in [3.05, 3.63) is 16.9 Å². The zero-order valence-corrected chi connectivity index (χ0v) is 7.73. The Morgan fingerprint density at radius 2 is 2.13 bits per heavy atom. The quantitative estimate of drug-likeness (QED) is 0.812. The van der Waals surface area contributed by atoms with Gasteiger partial charge in [-0.1, -0.05) is 11.6 Å². The first kappa shape index (κ1) is 11.4. The van der Waals surface area contributed by atoms with Gasteiger partial charge in [0.15, 0.2) is 11.4 Å². The smallest absolute Gasteiger partial charge is 0.401 e. The van der Waals surface area contributed by atoms with Crippen LogP contribution in [0, 0.1) is 11.3 Å². The molecule has 0 amide bonds. The highest BCUT2D eigenvalue weighted by molar-refractivity contribution is 6.34. The van der Waals surface area contributed by atoms with Gasteiger partial charge in [-0.2, -0.15) is 5.26 Å². The number of nitrogens with zero attached hydrogens (tertiary/aromatic N) is 2. The van der Waals surface area contributed by atoms with Crippen LogP contribution in [-0.2, 0) is 0 Å². The number of aromatic nitrogens is 1. The average molecular weight is 238 g/mol. The van der Waals surface area contributed by atoms with Crippen LogP contribution >= 0.6 is 11.6 Å². The molecule has 0 aliphatic carbocycles. The summed E-state index contributed by atoms with van der Waals surface area (Å²) in [7, 11) is 0. The van der Waals surface area contributed by atoms with Crippen LogP contribution in [0.25, 0.3) is 0 Å². The number of halogens is 4. The molecule has 0 aromatic carbocycles. The molecule has 0 aliphatic heterocycles. The Hall–Kier alpha value is -1.68. The predicted octanol–water partition coefficient (Wildman–Crippen LogP) is 2.09. The summed E-state index contributed by atoms with van der Waals surface area (Å²) < 4.78 is 39.3. The standard InChI is InChI=1S/C7H3ClF3N3O/c8-5-3(13)2-14-4(1-12)6(5)15-7(9,10)11/h2H,13H2. The molecule has 4 nitrogen and oxygen atoms in total. The van der Waals surface area contributed by atoms with Crippen molar-refractivity contribution >= 4 is 17.3 Å². The van der Waals surface area contributed by atoms with E-state index in [4.69, 9.17) is 22.6 Å². The Morgan fingerprint density at radius 1 is 1.53 bits per heavy atom. The minimum atomic E-state index is -4.95. The van der Waals surface area contributed by atoms with E-state index in [1.54, 1.807) is 0 Å². The summed E-state index contributed by atoms with van der Waals surface area (Å²) in [6.45, 7) is 0. The van der Waals surface area contributed by atoms with Crippen LogP contribution in [0.3, 0.4) is 0 Å². The van der Waals surface area contributed by atoms with Crippen molar-refractivity contribution < 1.29 is 17.9 Å². The lowest BCUT2D eigenvalue weighted by Crippen LogP contribution is -2.18. The molecule has 1 heterocycles. The van der Waals surface area contributed by atoms with Crippen molar-refractivity contribution in [3.63, 3.8) is 0 Å². The topological polar surface area (TPSA) is 71.9 Å². The molecule has 1 aromatic rings. The molecule has 15 heavy (non-hydrogen) atoms. The van der Waals surface area contributed by atoms with Crippen LogP contribution in [0.2, 0.25) is 5.02 Å². The second-order valence-corrected chi connectivity index (χ2v) is 2.74. The number of hydrogen-bond donors (Lipinski definition) is 1. The summed E-state index contributed by atoms with van der Waals surface area (Å²) in [5, 5.41) is 7.98. The summed E-state index contributed by atoms with van der Waals surface area (Å²) in [5.41, 5.74) is 4.44. The molecule has 0 aliphatic rings.